The monoisotopic (exact) mass is 446 g/mol. The van der Waals surface area contributed by atoms with Gasteiger partial charge in [-0.2, -0.15) is 0 Å². The summed E-state index contributed by atoms with van der Waals surface area (Å²) < 4.78 is 5.81. The fourth-order valence-electron chi connectivity index (χ4n) is 2.47. The van der Waals surface area contributed by atoms with E-state index >= 15 is 0 Å². The lowest BCUT2D eigenvalue weighted by molar-refractivity contribution is -0.143. The summed E-state index contributed by atoms with van der Waals surface area (Å²) in [5.41, 5.74) is 6.32. The van der Waals surface area contributed by atoms with Gasteiger partial charge < -0.3 is 4.74 Å². The van der Waals surface area contributed by atoms with Crippen molar-refractivity contribution in [1.82, 2.24) is 10.9 Å². The van der Waals surface area contributed by atoms with Gasteiger partial charge in [-0.05, 0) is 52.9 Å². The minimum absolute atomic E-state index is 0.120. The van der Waals surface area contributed by atoms with Crippen molar-refractivity contribution >= 4 is 33.7 Å². The summed E-state index contributed by atoms with van der Waals surface area (Å²) in [5, 5.41) is 0. The van der Waals surface area contributed by atoms with Crippen LogP contribution in [0.2, 0.25) is 0 Å². The van der Waals surface area contributed by atoms with Crippen LogP contribution in [0.15, 0.2) is 59.1 Å². The van der Waals surface area contributed by atoms with Crippen molar-refractivity contribution in [2.75, 3.05) is 6.61 Å². The third kappa shape index (κ3) is 7.92. The van der Waals surface area contributed by atoms with E-state index in [0.717, 1.165) is 12.8 Å². The van der Waals surface area contributed by atoms with E-state index in [4.69, 9.17) is 4.74 Å². The molecule has 0 atom stereocenters. The molecule has 0 spiro atoms. The van der Waals surface area contributed by atoms with Gasteiger partial charge >= 0.3 is 5.97 Å². The molecule has 2 aromatic rings. The van der Waals surface area contributed by atoms with E-state index < -0.39 is 5.91 Å². The van der Waals surface area contributed by atoms with Crippen LogP contribution in [0.1, 0.15) is 41.6 Å². The van der Waals surface area contributed by atoms with E-state index in [9.17, 15) is 14.4 Å². The number of aryl methyl sites for hydroxylation is 1. The molecule has 0 aliphatic rings. The first kappa shape index (κ1) is 21.6. The van der Waals surface area contributed by atoms with Crippen LogP contribution in [0.3, 0.4) is 0 Å². The molecule has 0 unspecified atom stereocenters. The first-order valence-corrected chi connectivity index (χ1v) is 9.89. The number of halogens is 1. The van der Waals surface area contributed by atoms with Crippen molar-refractivity contribution in [2.45, 2.75) is 32.1 Å². The third-order valence-electron chi connectivity index (χ3n) is 3.93. The lowest BCUT2D eigenvalue weighted by Crippen LogP contribution is -2.41. The Kier molecular flexibility index (Phi) is 9.21. The number of ether oxygens (including phenoxy) is 1. The van der Waals surface area contributed by atoms with Gasteiger partial charge in [-0.3, -0.25) is 25.2 Å². The van der Waals surface area contributed by atoms with Gasteiger partial charge in [-0.1, -0.05) is 42.5 Å². The van der Waals surface area contributed by atoms with E-state index in [1.807, 2.05) is 30.3 Å². The van der Waals surface area contributed by atoms with E-state index in [2.05, 4.69) is 26.8 Å². The molecule has 0 aliphatic heterocycles. The van der Waals surface area contributed by atoms with Crippen molar-refractivity contribution < 1.29 is 19.1 Å². The molecule has 28 heavy (non-hydrogen) atoms. The highest BCUT2D eigenvalue weighted by atomic mass is 79.9. The number of hydrogen-bond donors (Lipinski definition) is 2. The average molecular weight is 447 g/mol. The Hall–Kier alpha value is -2.67. The Morgan fingerprint density at radius 3 is 2.32 bits per heavy atom. The first-order valence-electron chi connectivity index (χ1n) is 9.09. The number of amides is 2. The summed E-state index contributed by atoms with van der Waals surface area (Å²) in [6.07, 6.45) is 2.26. The number of hydrazine groups is 1. The van der Waals surface area contributed by atoms with Crippen molar-refractivity contribution in [3.8, 4) is 0 Å². The maximum absolute atomic E-state index is 12.0. The van der Waals surface area contributed by atoms with Crippen LogP contribution in [0.5, 0.6) is 0 Å². The summed E-state index contributed by atoms with van der Waals surface area (Å²) in [4.78, 5) is 35.4. The molecule has 2 amide bonds. The number of hydrogen-bond acceptors (Lipinski definition) is 4. The van der Waals surface area contributed by atoms with E-state index in [0.29, 0.717) is 23.1 Å². The van der Waals surface area contributed by atoms with Gasteiger partial charge in [0.2, 0.25) is 5.91 Å². The maximum Gasteiger partial charge on any atom is 0.305 e. The van der Waals surface area contributed by atoms with Crippen LogP contribution in [0, 0.1) is 0 Å². The van der Waals surface area contributed by atoms with Gasteiger partial charge in [0, 0.05) is 17.3 Å². The second-order valence-corrected chi connectivity index (χ2v) is 7.00. The Labute approximate surface area is 172 Å². The normalized spacial score (nSPS) is 10.2. The van der Waals surface area contributed by atoms with Gasteiger partial charge in [-0.25, -0.2) is 0 Å². The average Bonchev–Trinajstić information content (AvgIpc) is 2.70. The highest BCUT2D eigenvalue weighted by Crippen LogP contribution is 2.15. The summed E-state index contributed by atoms with van der Waals surface area (Å²) in [6.45, 7) is 0.363. The number of benzene rings is 2. The number of carbonyl (C=O) groups excluding carboxylic acids is 3. The Morgan fingerprint density at radius 1 is 0.857 bits per heavy atom. The van der Waals surface area contributed by atoms with Crippen LogP contribution in [-0.2, 0) is 20.7 Å². The smallest absolute Gasteiger partial charge is 0.305 e. The Balaban J connectivity index is 1.54. The predicted molar refractivity (Wildman–Crippen MR) is 109 cm³/mol. The molecule has 0 saturated carbocycles. The van der Waals surface area contributed by atoms with E-state index in [-0.39, 0.29) is 24.7 Å². The summed E-state index contributed by atoms with van der Waals surface area (Å²) >= 11 is 3.28. The minimum atomic E-state index is -0.418. The standard InChI is InChI=1S/C21H23BrN2O4/c22-18-12-5-4-11-17(18)21(27)24-23-19(25)13-6-14-20(26)28-15-7-10-16-8-2-1-3-9-16/h1-5,8-9,11-12H,6-7,10,13-15H2,(H,23,25)(H,24,27). The molecule has 2 rings (SSSR count). The number of carbonyl (C=O) groups is 3. The molecular weight excluding hydrogens is 424 g/mol. The predicted octanol–water partition coefficient (Wildman–Crippen LogP) is 3.56. The van der Waals surface area contributed by atoms with Crippen LogP contribution >= 0.6 is 15.9 Å². The molecular formula is C21H23BrN2O4. The van der Waals surface area contributed by atoms with Crippen LogP contribution in [-0.4, -0.2) is 24.4 Å². The van der Waals surface area contributed by atoms with Crippen LogP contribution in [0.4, 0.5) is 0 Å². The molecule has 0 radical (unpaired) electrons. The fourth-order valence-corrected chi connectivity index (χ4v) is 2.94. The lowest BCUT2D eigenvalue weighted by Gasteiger charge is -2.08. The third-order valence-corrected chi connectivity index (χ3v) is 4.63. The van der Waals surface area contributed by atoms with Crippen molar-refractivity contribution in [3.05, 3.63) is 70.2 Å². The SMILES string of the molecule is O=C(CCCC(=O)OCCCc1ccccc1)NNC(=O)c1ccccc1Br. The molecule has 6 nitrogen and oxygen atoms in total. The summed E-state index contributed by atoms with van der Waals surface area (Å²) in [6, 6.07) is 16.9. The molecule has 2 N–H and O–H groups in total. The fraction of sp³-hybridized carbons (Fsp3) is 0.286. The van der Waals surface area contributed by atoms with Crippen molar-refractivity contribution in [2.24, 2.45) is 0 Å². The lowest BCUT2D eigenvalue weighted by atomic mass is 10.1. The molecule has 0 bridgehead atoms. The van der Waals surface area contributed by atoms with Gasteiger partial charge in [-0.15, -0.1) is 0 Å². The van der Waals surface area contributed by atoms with Gasteiger partial charge in [0.05, 0.1) is 12.2 Å². The second-order valence-electron chi connectivity index (χ2n) is 6.15. The Bertz CT molecular complexity index is 796. The summed E-state index contributed by atoms with van der Waals surface area (Å²) in [5.74, 6) is -1.10. The Morgan fingerprint density at radius 2 is 1.57 bits per heavy atom. The molecule has 0 fully saturated rings. The second kappa shape index (κ2) is 11.9. The molecule has 2 aromatic carbocycles. The van der Waals surface area contributed by atoms with Crippen molar-refractivity contribution in [3.63, 3.8) is 0 Å². The van der Waals surface area contributed by atoms with E-state index in [1.54, 1.807) is 24.3 Å². The zero-order chi connectivity index (χ0) is 20.2. The zero-order valence-corrected chi connectivity index (χ0v) is 17.0. The molecule has 148 valence electrons. The van der Waals surface area contributed by atoms with E-state index in [1.165, 1.54) is 5.56 Å². The van der Waals surface area contributed by atoms with Gasteiger partial charge in [0.15, 0.2) is 0 Å². The largest absolute Gasteiger partial charge is 0.466 e. The topological polar surface area (TPSA) is 84.5 Å². The van der Waals surface area contributed by atoms with Gasteiger partial charge in [0.25, 0.3) is 5.91 Å². The minimum Gasteiger partial charge on any atom is -0.466 e. The summed E-state index contributed by atoms with van der Waals surface area (Å²) in [7, 11) is 0. The van der Waals surface area contributed by atoms with Crippen LogP contribution in [0.25, 0.3) is 0 Å². The molecule has 0 aromatic heterocycles. The molecule has 0 aliphatic carbocycles. The molecule has 0 saturated heterocycles. The maximum atomic E-state index is 12.0. The van der Waals surface area contributed by atoms with Crippen molar-refractivity contribution in [1.29, 1.82) is 0 Å². The van der Waals surface area contributed by atoms with Crippen LogP contribution < -0.4 is 10.9 Å². The molecule has 7 heteroatoms. The quantitative estimate of drug-likeness (QED) is 0.350. The first-order chi connectivity index (χ1) is 13.6. The number of esters is 1. The highest BCUT2D eigenvalue weighted by molar-refractivity contribution is 9.10. The number of nitrogens with one attached hydrogen (secondary N) is 2. The number of rotatable bonds is 9. The zero-order valence-electron chi connectivity index (χ0n) is 15.4. The van der Waals surface area contributed by atoms with Gasteiger partial charge in [0.1, 0.15) is 0 Å². The molecule has 0 heterocycles. The highest BCUT2D eigenvalue weighted by Gasteiger charge is 2.11.